The molecule has 18 heavy (non-hydrogen) atoms. The van der Waals surface area contributed by atoms with Gasteiger partial charge in [0.1, 0.15) is 0 Å². The summed E-state index contributed by atoms with van der Waals surface area (Å²) in [4.78, 5) is 8.14. The zero-order chi connectivity index (χ0) is 13.0. The predicted molar refractivity (Wildman–Crippen MR) is 81.0 cm³/mol. The minimum atomic E-state index is 1.03. The summed E-state index contributed by atoms with van der Waals surface area (Å²) in [5.74, 6) is 0. The van der Waals surface area contributed by atoms with E-state index in [4.69, 9.17) is 0 Å². The zero-order valence-corrected chi connectivity index (χ0v) is 13.1. The molecular formula is C14H17BrN2S. The molecule has 96 valence electrons. The molecule has 0 spiro atoms. The summed E-state index contributed by atoms with van der Waals surface area (Å²) >= 11 is 5.16. The van der Waals surface area contributed by atoms with Gasteiger partial charge in [-0.2, -0.15) is 0 Å². The van der Waals surface area contributed by atoms with Crippen molar-refractivity contribution in [1.82, 2.24) is 9.88 Å². The van der Waals surface area contributed by atoms with Gasteiger partial charge in [-0.1, -0.05) is 35.9 Å². The summed E-state index contributed by atoms with van der Waals surface area (Å²) in [7, 11) is 2.15. The summed E-state index contributed by atoms with van der Waals surface area (Å²) in [6, 6.07) is 10.3. The quantitative estimate of drug-likeness (QED) is 0.730. The van der Waals surface area contributed by atoms with Crippen LogP contribution in [0.5, 0.6) is 0 Å². The van der Waals surface area contributed by atoms with E-state index < -0.39 is 0 Å². The second-order valence-corrected chi connectivity index (χ2v) is 6.84. The summed E-state index contributed by atoms with van der Waals surface area (Å²) in [5, 5.41) is 0. The third kappa shape index (κ3) is 3.90. The molecule has 0 radical (unpaired) electrons. The number of benzene rings is 1. The SMILES string of the molecule is CN1CCc2nc(Br)sc2C1.Cc1ccccc1. The molecule has 0 aliphatic carbocycles. The average Bonchev–Trinajstić information content (AvgIpc) is 2.70. The van der Waals surface area contributed by atoms with Gasteiger partial charge in [0.25, 0.3) is 0 Å². The van der Waals surface area contributed by atoms with Gasteiger partial charge < -0.3 is 4.90 Å². The number of fused-ring (bicyclic) bond motifs is 1. The number of thiazole rings is 1. The van der Waals surface area contributed by atoms with Gasteiger partial charge in [0.05, 0.1) is 5.69 Å². The van der Waals surface area contributed by atoms with Gasteiger partial charge in [-0.05, 0) is 29.9 Å². The molecule has 0 fully saturated rings. The second kappa shape index (κ2) is 6.45. The van der Waals surface area contributed by atoms with Crippen molar-refractivity contribution in [3.8, 4) is 0 Å². The molecule has 0 bridgehead atoms. The lowest BCUT2D eigenvalue weighted by Gasteiger charge is -2.20. The lowest BCUT2D eigenvalue weighted by molar-refractivity contribution is 0.314. The first-order valence-corrected chi connectivity index (χ1v) is 7.60. The van der Waals surface area contributed by atoms with Crippen LogP contribution < -0.4 is 0 Å². The van der Waals surface area contributed by atoms with Gasteiger partial charge in [-0.3, -0.25) is 0 Å². The predicted octanol–water partition coefficient (Wildman–Crippen LogP) is 3.89. The Morgan fingerprint density at radius 1 is 1.28 bits per heavy atom. The van der Waals surface area contributed by atoms with Crippen LogP contribution in [-0.4, -0.2) is 23.5 Å². The first-order chi connectivity index (χ1) is 8.65. The molecule has 2 nitrogen and oxygen atoms in total. The molecule has 0 saturated heterocycles. The largest absolute Gasteiger partial charge is 0.301 e. The monoisotopic (exact) mass is 324 g/mol. The van der Waals surface area contributed by atoms with Crippen LogP contribution in [0.1, 0.15) is 16.1 Å². The van der Waals surface area contributed by atoms with Crippen LogP contribution in [-0.2, 0) is 13.0 Å². The van der Waals surface area contributed by atoms with Crippen molar-refractivity contribution in [2.45, 2.75) is 19.9 Å². The Labute approximate surface area is 121 Å². The van der Waals surface area contributed by atoms with E-state index in [9.17, 15) is 0 Å². The molecule has 2 heterocycles. The van der Waals surface area contributed by atoms with E-state index in [1.807, 2.05) is 18.2 Å². The maximum absolute atomic E-state index is 4.39. The highest BCUT2D eigenvalue weighted by Gasteiger charge is 2.16. The fourth-order valence-corrected chi connectivity index (χ4v) is 3.54. The number of hydrogen-bond donors (Lipinski definition) is 0. The Bertz CT molecular complexity index is 496. The zero-order valence-electron chi connectivity index (χ0n) is 10.7. The Kier molecular flexibility index (Phi) is 4.92. The van der Waals surface area contributed by atoms with Crippen molar-refractivity contribution < 1.29 is 0 Å². The molecule has 2 aromatic rings. The lowest BCUT2D eigenvalue weighted by atomic mass is 10.2. The molecule has 4 heteroatoms. The van der Waals surface area contributed by atoms with E-state index in [0.29, 0.717) is 0 Å². The van der Waals surface area contributed by atoms with Crippen molar-refractivity contribution in [3.63, 3.8) is 0 Å². The number of aromatic nitrogens is 1. The van der Waals surface area contributed by atoms with E-state index in [1.165, 1.54) is 16.1 Å². The van der Waals surface area contributed by atoms with E-state index in [-0.39, 0.29) is 0 Å². The number of hydrogen-bond acceptors (Lipinski definition) is 3. The van der Waals surface area contributed by atoms with Gasteiger partial charge in [0, 0.05) is 24.4 Å². The average molecular weight is 325 g/mol. The van der Waals surface area contributed by atoms with Gasteiger partial charge in [0.2, 0.25) is 0 Å². The number of aryl methyl sites for hydroxylation is 1. The molecule has 1 aromatic carbocycles. The van der Waals surface area contributed by atoms with E-state index in [0.717, 1.165) is 23.4 Å². The van der Waals surface area contributed by atoms with Crippen molar-refractivity contribution in [2.75, 3.05) is 13.6 Å². The minimum Gasteiger partial charge on any atom is -0.301 e. The highest BCUT2D eigenvalue weighted by atomic mass is 79.9. The Balaban J connectivity index is 0.000000149. The molecule has 0 unspecified atom stereocenters. The summed E-state index contributed by atoms with van der Waals surface area (Å²) in [6.45, 7) is 4.29. The van der Waals surface area contributed by atoms with Crippen LogP contribution in [0.25, 0.3) is 0 Å². The van der Waals surface area contributed by atoms with E-state index >= 15 is 0 Å². The van der Waals surface area contributed by atoms with Gasteiger partial charge >= 0.3 is 0 Å². The number of likely N-dealkylation sites (N-methyl/N-ethyl adjacent to an activating group) is 1. The van der Waals surface area contributed by atoms with Crippen LogP contribution in [0, 0.1) is 6.92 Å². The van der Waals surface area contributed by atoms with Crippen molar-refractivity contribution in [1.29, 1.82) is 0 Å². The molecule has 1 aliphatic rings. The highest BCUT2D eigenvalue weighted by Crippen LogP contribution is 2.27. The fourth-order valence-electron chi connectivity index (χ4n) is 1.83. The maximum Gasteiger partial charge on any atom is 0.159 e. The molecule has 1 aliphatic heterocycles. The second-order valence-electron chi connectivity index (χ2n) is 4.48. The smallest absolute Gasteiger partial charge is 0.159 e. The molecular weight excluding hydrogens is 308 g/mol. The normalized spacial score (nSPS) is 14.6. The van der Waals surface area contributed by atoms with E-state index in [2.05, 4.69) is 51.9 Å². The molecule has 0 atom stereocenters. The molecule has 1 aromatic heterocycles. The highest BCUT2D eigenvalue weighted by molar-refractivity contribution is 9.11. The molecule has 0 amide bonds. The van der Waals surface area contributed by atoms with Crippen molar-refractivity contribution in [3.05, 3.63) is 50.4 Å². The van der Waals surface area contributed by atoms with Crippen LogP contribution in [0.3, 0.4) is 0 Å². The van der Waals surface area contributed by atoms with Crippen molar-refractivity contribution in [2.24, 2.45) is 0 Å². The minimum absolute atomic E-state index is 1.03. The van der Waals surface area contributed by atoms with E-state index in [1.54, 1.807) is 11.3 Å². The Morgan fingerprint density at radius 3 is 2.61 bits per heavy atom. The number of halogens is 1. The third-order valence-electron chi connectivity index (χ3n) is 2.84. The maximum atomic E-state index is 4.39. The Hall–Kier alpha value is -0.710. The summed E-state index contributed by atoms with van der Waals surface area (Å²) in [6.07, 6.45) is 1.11. The summed E-state index contributed by atoms with van der Waals surface area (Å²) in [5.41, 5.74) is 2.61. The first-order valence-electron chi connectivity index (χ1n) is 5.99. The number of rotatable bonds is 0. The van der Waals surface area contributed by atoms with Crippen LogP contribution in [0.4, 0.5) is 0 Å². The lowest BCUT2D eigenvalue weighted by Crippen LogP contribution is -2.25. The van der Waals surface area contributed by atoms with Gasteiger partial charge in [0.15, 0.2) is 3.92 Å². The van der Waals surface area contributed by atoms with Crippen molar-refractivity contribution >= 4 is 27.3 Å². The molecule has 0 saturated carbocycles. The number of nitrogens with zero attached hydrogens (tertiary/aromatic N) is 2. The van der Waals surface area contributed by atoms with Gasteiger partial charge in [-0.25, -0.2) is 4.98 Å². The first kappa shape index (κ1) is 13.7. The van der Waals surface area contributed by atoms with Crippen LogP contribution >= 0.6 is 27.3 Å². The van der Waals surface area contributed by atoms with Gasteiger partial charge in [-0.15, -0.1) is 11.3 Å². The van der Waals surface area contributed by atoms with Crippen LogP contribution in [0.15, 0.2) is 34.2 Å². The fraction of sp³-hybridized carbons (Fsp3) is 0.357. The standard InChI is InChI=1S/C7H9BrN2S.C7H8/c1-10-3-2-5-6(4-10)11-7(8)9-5;1-7-5-3-2-4-6-7/h2-4H2,1H3;2-6H,1H3. The third-order valence-corrected chi connectivity index (χ3v) is 4.37. The summed E-state index contributed by atoms with van der Waals surface area (Å²) < 4.78 is 1.03. The Morgan fingerprint density at radius 2 is 2.00 bits per heavy atom. The topological polar surface area (TPSA) is 16.1 Å². The molecule has 3 rings (SSSR count). The molecule has 0 N–H and O–H groups in total. The van der Waals surface area contributed by atoms with Crippen LogP contribution in [0.2, 0.25) is 0 Å².